The highest BCUT2D eigenvalue weighted by atomic mass is 79.9. The fourth-order valence-electron chi connectivity index (χ4n) is 3.15. The molecule has 0 N–H and O–H groups in total. The Kier molecular flexibility index (Phi) is 4.36. The third-order valence-corrected chi connectivity index (χ3v) is 5.05. The quantitative estimate of drug-likeness (QED) is 0.766. The third-order valence-electron chi connectivity index (χ3n) is 4.60. The molecule has 0 aromatic heterocycles. The van der Waals surface area contributed by atoms with Crippen LogP contribution in [0.4, 0.5) is 0 Å². The maximum atomic E-state index is 12.6. The van der Waals surface area contributed by atoms with Crippen molar-refractivity contribution in [2.24, 2.45) is 15.9 Å². The summed E-state index contributed by atoms with van der Waals surface area (Å²) in [5, 5.41) is 0. The van der Waals surface area contributed by atoms with Crippen LogP contribution in [0.2, 0.25) is 0 Å². The molecule has 0 saturated heterocycles. The monoisotopic (exact) mass is 412 g/mol. The van der Waals surface area contributed by atoms with Gasteiger partial charge in [0, 0.05) is 15.6 Å². The van der Waals surface area contributed by atoms with Crippen LogP contribution in [0.1, 0.15) is 23.6 Å². The summed E-state index contributed by atoms with van der Waals surface area (Å²) in [6.07, 6.45) is 1.45. The number of carbonyl (C=O) groups is 1. The highest BCUT2D eigenvalue weighted by molar-refractivity contribution is 9.10. The van der Waals surface area contributed by atoms with Gasteiger partial charge in [0.05, 0.1) is 7.11 Å². The Hall–Kier alpha value is -2.47. The molecule has 0 aliphatic carbocycles. The molecule has 1 amide bonds. The Labute approximate surface area is 159 Å². The van der Waals surface area contributed by atoms with Crippen molar-refractivity contribution in [3.63, 3.8) is 0 Å². The zero-order valence-electron chi connectivity index (χ0n) is 14.5. The van der Waals surface area contributed by atoms with Gasteiger partial charge in [0.1, 0.15) is 5.92 Å². The van der Waals surface area contributed by atoms with E-state index in [0.29, 0.717) is 29.7 Å². The number of benzene rings is 2. The lowest BCUT2D eigenvalue weighted by Crippen LogP contribution is -2.37. The number of nitrogens with zero attached hydrogens (tertiary/aromatic N) is 2. The van der Waals surface area contributed by atoms with Crippen molar-refractivity contribution in [3.8, 4) is 11.5 Å². The van der Waals surface area contributed by atoms with Gasteiger partial charge in [-0.1, -0.05) is 47.1 Å². The number of halogens is 1. The van der Waals surface area contributed by atoms with E-state index in [9.17, 15) is 4.79 Å². The average Bonchev–Trinajstić information content (AvgIpc) is 2.66. The molecule has 2 aliphatic rings. The van der Waals surface area contributed by atoms with Gasteiger partial charge in [-0.3, -0.25) is 4.79 Å². The van der Waals surface area contributed by atoms with Crippen molar-refractivity contribution >= 4 is 33.6 Å². The fourth-order valence-corrected chi connectivity index (χ4v) is 3.63. The molecule has 0 fully saturated rings. The van der Waals surface area contributed by atoms with Gasteiger partial charge in [0.25, 0.3) is 5.91 Å². The first-order valence-corrected chi connectivity index (χ1v) is 9.23. The Morgan fingerprint density at radius 1 is 1.23 bits per heavy atom. The molecule has 2 aliphatic heterocycles. The standard InChI is InChI=1S/C20H17BrN2O3/c1-3-11-4-6-12(7-5-11)18-22-19(24)15-9-13-8-14(21)10-16(25-2)17(13)26-20(15)23-18/h4-8,10,15H,3,9H2,1-2H3. The predicted molar refractivity (Wildman–Crippen MR) is 103 cm³/mol. The van der Waals surface area contributed by atoms with Crippen LogP contribution in [0.3, 0.4) is 0 Å². The molecule has 1 atom stereocenters. The van der Waals surface area contributed by atoms with Gasteiger partial charge in [-0.2, -0.15) is 9.98 Å². The van der Waals surface area contributed by atoms with Gasteiger partial charge in [-0.25, -0.2) is 0 Å². The number of hydrogen-bond acceptors (Lipinski definition) is 4. The first kappa shape index (κ1) is 17.0. The Morgan fingerprint density at radius 3 is 2.69 bits per heavy atom. The van der Waals surface area contributed by atoms with Crippen LogP contribution in [0.25, 0.3) is 0 Å². The second kappa shape index (κ2) is 6.68. The molecule has 2 aromatic carbocycles. The molecule has 132 valence electrons. The minimum Gasteiger partial charge on any atom is -0.493 e. The van der Waals surface area contributed by atoms with Crippen molar-refractivity contribution in [3.05, 3.63) is 57.6 Å². The summed E-state index contributed by atoms with van der Waals surface area (Å²) in [4.78, 5) is 21.3. The van der Waals surface area contributed by atoms with E-state index in [4.69, 9.17) is 9.47 Å². The van der Waals surface area contributed by atoms with E-state index >= 15 is 0 Å². The number of fused-ring (bicyclic) bond motifs is 2. The molecule has 2 heterocycles. The zero-order chi connectivity index (χ0) is 18.3. The van der Waals surface area contributed by atoms with Crippen LogP contribution in [0, 0.1) is 5.92 Å². The highest BCUT2D eigenvalue weighted by Gasteiger charge is 2.37. The molecule has 0 radical (unpaired) electrons. The summed E-state index contributed by atoms with van der Waals surface area (Å²) in [5.41, 5.74) is 2.93. The SMILES string of the molecule is CCc1ccc(C2=NC(=O)C3Cc4cc(Br)cc(OC)c4OC3=N2)cc1. The lowest BCUT2D eigenvalue weighted by atomic mass is 9.93. The summed E-state index contributed by atoms with van der Waals surface area (Å²) in [6, 6.07) is 11.7. The first-order valence-electron chi connectivity index (χ1n) is 8.43. The molecule has 1 unspecified atom stereocenters. The molecule has 0 bridgehead atoms. The summed E-state index contributed by atoms with van der Waals surface area (Å²) >= 11 is 3.46. The van der Waals surface area contributed by atoms with Crippen LogP contribution in [-0.4, -0.2) is 24.8 Å². The number of amides is 1. The van der Waals surface area contributed by atoms with Crippen molar-refractivity contribution in [2.75, 3.05) is 7.11 Å². The summed E-state index contributed by atoms with van der Waals surface area (Å²) < 4.78 is 12.3. The van der Waals surface area contributed by atoms with E-state index in [2.05, 4.69) is 32.8 Å². The molecular weight excluding hydrogens is 396 g/mol. The Balaban J connectivity index is 1.72. The summed E-state index contributed by atoms with van der Waals surface area (Å²) in [7, 11) is 1.59. The maximum Gasteiger partial charge on any atom is 0.260 e. The van der Waals surface area contributed by atoms with Gasteiger partial charge in [-0.05, 0) is 30.5 Å². The number of hydrogen-bond donors (Lipinski definition) is 0. The maximum absolute atomic E-state index is 12.6. The second-order valence-electron chi connectivity index (χ2n) is 6.23. The normalized spacial score (nSPS) is 18.3. The summed E-state index contributed by atoms with van der Waals surface area (Å²) in [5.74, 6) is 1.28. The van der Waals surface area contributed by atoms with E-state index in [-0.39, 0.29) is 5.91 Å². The lowest BCUT2D eigenvalue weighted by molar-refractivity contribution is -0.120. The molecule has 5 nitrogen and oxygen atoms in total. The van der Waals surface area contributed by atoms with Gasteiger partial charge in [-0.15, -0.1) is 0 Å². The van der Waals surface area contributed by atoms with Gasteiger partial charge in [0.2, 0.25) is 5.90 Å². The summed E-state index contributed by atoms with van der Waals surface area (Å²) in [6.45, 7) is 2.10. The number of carbonyl (C=O) groups excluding carboxylic acids is 1. The molecular formula is C20H17BrN2O3. The van der Waals surface area contributed by atoms with E-state index in [1.165, 1.54) is 5.56 Å². The smallest absolute Gasteiger partial charge is 0.260 e. The van der Waals surface area contributed by atoms with Gasteiger partial charge < -0.3 is 9.47 Å². The van der Waals surface area contributed by atoms with E-state index < -0.39 is 5.92 Å². The minimum absolute atomic E-state index is 0.228. The van der Waals surface area contributed by atoms with E-state index in [1.54, 1.807) is 7.11 Å². The highest BCUT2D eigenvalue weighted by Crippen LogP contribution is 2.40. The van der Waals surface area contributed by atoms with Crippen LogP contribution < -0.4 is 9.47 Å². The van der Waals surface area contributed by atoms with Crippen LogP contribution in [0.5, 0.6) is 11.5 Å². The Morgan fingerprint density at radius 2 is 2.00 bits per heavy atom. The number of aliphatic imine (C=N–C) groups is 2. The Bertz CT molecular complexity index is 948. The number of rotatable bonds is 3. The van der Waals surface area contributed by atoms with Crippen LogP contribution in [0.15, 0.2) is 50.9 Å². The van der Waals surface area contributed by atoms with Crippen molar-refractivity contribution < 1.29 is 14.3 Å². The topological polar surface area (TPSA) is 60.2 Å². The molecule has 6 heteroatoms. The molecule has 0 spiro atoms. The first-order chi connectivity index (χ1) is 12.6. The molecule has 26 heavy (non-hydrogen) atoms. The zero-order valence-corrected chi connectivity index (χ0v) is 16.0. The molecule has 4 rings (SSSR count). The van der Waals surface area contributed by atoms with Crippen molar-refractivity contribution in [2.45, 2.75) is 19.8 Å². The number of amidine groups is 1. The number of methoxy groups -OCH3 is 1. The van der Waals surface area contributed by atoms with Crippen molar-refractivity contribution in [1.29, 1.82) is 0 Å². The van der Waals surface area contributed by atoms with Crippen molar-refractivity contribution in [1.82, 2.24) is 0 Å². The number of aryl methyl sites for hydroxylation is 1. The molecule has 2 aromatic rings. The minimum atomic E-state index is -0.486. The average molecular weight is 413 g/mol. The number of ether oxygens (including phenoxy) is 2. The molecule has 0 saturated carbocycles. The third kappa shape index (κ3) is 2.94. The van der Waals surface area contributed by atoms with E-state index in [1.807, 2.05) is 36.4 Å². The van der Waals surface area contributed by atoms with Gasteiger partial charge in [0.15, 0.2) is 17.3 Å². The van der Waals surface area contributed by atoms with E-state index in [0.717, 1.165) is 22.0 Å². The predicted octanol–water partition coefficient (Wildman–Crippen LogP) is 3.96. The largest absolute Gasteiger partial charge is 0.493 e. The van der Waals surface area contributed by atoms with Crippen LogP contribution in [-0.2, 0) is 17.6 Å². The second-order valence-corrected chi connectivity index (χ2v) is 7.14. The fraction of sp³-hybridized carbons (Fsp3) is 0.250. The van der Waals surface area contributed by atoms with Crippen LogP contribution >= 0.6 is 15.9 Å². The van der Waals surface area contributed by atoms with Gasteiger partial charge >= 0.3 is 0 Å². The lowest BCUT2D eigenvalue weighted by Gasteiger charge is -2.28.